The number of ether oxygens (including phenoxy) is 2. The van der Waals surface area contributed by atoms with Crippen molar-refractivity contribution in [2.75, 3.05) is 26.9 Å². The minimum absolute atomic E-state index is 0.0834. The second-order valence-electron chi connectivity index (χ2n) is 6.90. The standard InChI is InChI=1S/C21H26N4O4/c1-28-20-4-2-3-17(11-20)13-23-21(24-14-18-9-10-29-15-18)22-12-16-5-7-19(8-6-16)25(26)27/h2-8,11,18H,9-10,12-15H2,1H3,(H2,22,23,24). The van der Waals surface area contributed by atoms with E-state index in [0.717, 1.165) is 43.1 Å². The Kier molecular flexibility index (Phi) is 7.40. The molecule has 1 heterocycles. The van der Waals surface area contributed by atoms with Gasteiger partial charge in [0.05, 0.1) is 25.2 Å². The van der Waals surface area contributed by atoms with E-state index in [4.69, 9.17) is 9.47 Å². The van der Waals surface area contributed by atoms with Gasteiger partial charge in [-0.15, -0.1) is 0 Å². The van der Waals surface area contributed by atoms with Crippen LogP contribution < -0.4 is 15.4 Å². The van der Waals surface area contributed by atoms with E-state index in [9.17, 15) is 10.1 Å². The monoisotopic (exact) mass is 398 g/mol. The molecule has 0 bridgehead atoms. The number of hydrogen-bond donors (Lipinski definition) is 2. The van der Waals surface area contributed by atoms with Crippen molar-refractivity contribution in [1.29, 1.82) is 0 Å². The minimum Gasteiger partial charge on any atom is -0.497 e. The molecule has 29 heavy (non-hydrogen) atoms. The van der Waals surface area contributed by atoms with Gasteiger partial charge in [0, 0.05) is 37.7 Å². The number of nitrogens with zero attached hydrogens (tertiary/aromatic N) is 2. The molecule has 1 unspecified atom stereocenters. The summed E-state index contributed by atoms with van der Waals surface area (Å²) < 4.78 is 10.7. The molecule has 1 saturated heterocycles. The van der Waals surface area contributed by atoms with Crippen molar-refractivity contribution in [2.24, 2.45) is 10.9 Å². The Morgan fingerprint density at radius 3 is 2.76 bits per heavy atom. The van der Waals surface area contributed by atoms with Gasteiger partial charge in [-0.2, -0.15) is 0 Å². The smallest absolute Gasteiger partial charge is 0.269 e. The van der Waals surface area contributed by atoms with Gasteiger partial charge in [-0.3, -0.25) is 10.1 Å². The molecule has 1 fully saturated rings. The summed E-state index contributed by atoms with van der Waals surface area (Å²) in [6.45, 7) is 3.37. The van der Waals surface area contributed by atoms with Crippen molar-refractivity contribution in [3.05, 3.63) is 69.8 Å². The Balaban J connectivity index is 1.63. The Hall–Kier alpha value is -3.13. The number of nitro groups is 1. The molecule has 0 amide bonds. The first-order valence-electron chi connectivity index (χ1n) is 9.60. The highest BCUT2D eigenvalue weighted by Crippen LogP contribution is 2.14. The van der Waals surface area contributed by atoms with Gasteiger partial charge in [-0.1, -0.05) is 24.3 Å². The van der Waals surface area contributed by atoms with Crippen LogP contribution in [-0.2, 0) is 17.8 Å². The van der Waals surface area contributed by atoms with E-state index in [2.05, 4.69) is 15.6 Å². The zero-order chi connectivity index (χ0) is 20.5. The molecule has 2 N–H and O–H groups in total. The van der Waals surface area contributed by atoms with E-state index in [1.165, 1.54) is 12.1 Å². The van der Waals surface area contributed by atoms with Gasteiger partial charge in [0.25, 0.3) is 5.69 Å². The molecule has 154 valence electrons. The number of non-ortho nitro benzene ring substituents is 1. The van der Waals surface area contributed by atoms with E-state index in [-0.39, 0.29) is 5.69 Å². The fourth-order valence-electron chi connectivity index (χ4n) is 3.02. The van der Waals surface area contributed by atoms with Crippen LogP contribution in [0.3, 0.4) is 0 Å². The van der Waals surface area contributed by atoms with Crippen molar-refractivity contribution in [3.63, 3.8) is 0 Å². The van der Waals surface area contributed by atoms with E-state index in [1.54, 1.807) is 19.2 Å². The van der Waals surface area contributed by atoms with E-state index in [1.807, 2.05) is 24.3 Å². The number of aliphatic imine (C=N–C) groups is 1. The number of methoxy groups -OCH3 is 1. The first-order chi connectivity index (χ1) is 14.1. The molecule has 0 spiro atoms. The van der Waals surface area contributed by atoms with Gasteiger partial charge in [-0.25, -0.2) is 4.99 Å². The molecule has 1 aliphatic rings. The summed E-state index contributed by atoms with van der Waals surface area (Å²) in [5.41, 5.74) is 2.07. The van der Waals surface area contributed by atoms with E-state index < -0.39 is 4.92 Å². The molecule has 0 radical (unpaired) electrons. The second-order valence-corrected chi connectivity index (χ2v) is 6.90. The minimum atomic E-state index is -0.399. The van der Waals surface area contributed by atoms with Crippen molar-refractivity contribution in [2.45, 2.75) is 19.5 Å². The van der Waals surface area contributed by atoms with Crippen LogP contribution in [0.4, 0.5) is 5.69 Å². The van der Waals surface area contributed by atoms with Crippen LogP contribution in [0.15, 0.2) is 53.5 Å². The molecular formula is C21H26N4O4. The van der Waals surface area contributed by atoms with Crippen LogP contribution in [0, 0.1) is 16.0 Å². The first-order valence-corrected chi connectivity index (χ1v) is 9.60. The van der Waals surface area contributed by atoms with Crippen molar-refractivity contribution in [1.82, 2.24) is 10.6 Å². The Labute approximate surface area is 170 Å². The molecule has 1 atom stereocenters. The number of nitrogens with one attached hydrogen (secondary N) is 2. The van der Waals surface area contributed by atoms with Crippen molar-refractivity contribution < 1.29 is 14.4 Å². The fraction of sp³-hybridized carbons (Fsp3) is 0.381. The first kappa shape index (κ1) is 20.6. The Morgan fingerprint density at radius 1 is 1.24 bits per heavy atom. The molecule has 3 rings (SSSR count). The molecular weight excluding hydrogens is 372 g/mol. The average molecular weight is 398 g/mol. The van der Waals surface area contributed by atoms with Crippen LogP contribution in [0.5, 0.6) is 5.75 Å². The molecule has 0 aliphatic carbocycles. The number of hydrogen-bond acceptors (Lipinski definition) is 5. The van der Waals surface area contributed by atoms with Crippen molar-refractivity contribution >= 4 is 11.6 Å². The lowest BCUT2D eigenvalue weighted by atomic mass is 10.1. The highest BCUT2D eigenvalue weighted by molar-refractivity contribution is 5.79. The third kappa shape index (κ3) is 6.46. The topological polar surface area (TPSA) is 98.0 Å². The molecule has 0 saturated carbocycles. The summed E-state index contributed by atoms with van der Waals surface area (Å²) in [7, 11) is 1.64. The SMILES string of the molecule is COc1cccc(CN=C(NCc2ccc([N+](=O)[O-])cc2)NCC2CCOC2)c1. The van der Waals surface area contributed by atoms with Crippen LogP contribution >= 0.6 is 0 Å². The summed E-state index contributed by atoms with van der Waals surface area (Å²) in [5.74, 6) is 1.96. The molecule has 2 aromatic rings. The second kappa shape index (κ2) is 10.4. The highest BCUT2D eigenvalue weighted by Gasteiger charge is 2.15. The Bertz CT molecular complexity index is 833. The third-order valence-electron chi connectivity index (χ3n) is 4.74. The predicted octanol–water partition coefficient (Wildman–Crippen LogP) is 2.88. The number of guanidine groups is 1. The average Bonchev–Trinajstić information content (AvgIpc) is 3.27. The van der Waals surface area contributed by atoms with Crippen molar-refractivity contribution in [3.8, 4) is 5.75 Å². The summed E-state index contributed by atoms with van der Waals surface area (Å²) in [6.07, 6.45) is 1.04. The zero-order valence-electron chi connectivity index (χ0n) is 16.5. The van der Waals surface area contributed by atoms with E-state index in [0.29, 0.717) is 25.0 Å². The quantitative estimate of drug-likeness (QED) is 0.307. The molecule has 1 aliphatic heterocycles. The maximum absolute atomic E-state index is 10.8. The summed E-state index contributed by atoms with van der Waals surface area (Å²) in [5, 5.41) is 17.5. The van der Waals surface area contributed by atoms with Gasteiger partial charge in [0.2, 0.25) is 0 Å². The summed E-state index contributed by atoms with van der Waals surface area (Å²) >= 11 is 0. The lowest BCUT2D eigenvalue weighted by Gasteiger charge is -2.15. The van der Waals surface area contributed by atoms with Gasteiger partial charge in [0.1, 0.15) is 5.75 Å². The van der Waals surface area contributed by atoms with Crippen LogP contribution in [0.2, 0.25) is 0 Å². The fourth-order valence-corrected chi connectivity index (χ4v) is 3.02. The molecule has 2 aromatic carbocycles. The number of rotatable bonds is 8. The summed E-state index contributed by atoms with van der Waals surface area (Å²) in [6, 6.07) is 14.3. The molecule has 8 heteroatoms. The maximum atomic E-state index is 10.8. The third-order valence-corrected chi connectivity index (χ3v) is 4.74. The normalized spacial score (nSPS) is 16.4. The van der Waals surface area contributed by atoms with Gasteiger partial charge >= 0.3 is 0 Å². The zero-order valence-corrected chi connectivity index (χ0v) is 16.5. The predicted molar refractivity (Wildman–Crippen MR) is 111 cm³/mol. The highest BCUT2D eigenvalue weighted by atomic mass is 16.6. The molecule has 0 aromatic heterocycles. The van der Waals surface area contributed by atoms with Crippen LogP contribution in [0.25, 0.3) is 0 Å². The van der Waals surface area contributed by atoms with Crippen LogP contribution in [0.1, 0.15) is 17.5 Å². The van der Waals surface area contributed by atoms with Gasteiger partial charge < -0.3 is 20.1 Å². The molecule has 8 nitrogen and oxygen atoms in total. The van der Waals surface area contributed by atoms with E-state index >= 15 is 0 Å². The number of nitro benzene ring substituents is 1. The lowest BCUT2D eigenvalue weighted by molar-refractivity contribution is -0.384. The van der Waals surface area contributed by atoms with Gasteiger partial charge in [0.15, 0.2) is 5.96 Å². The number of benzene rings is 2. The Morgan fingerprint density at radius 2 is 2.07 bits per heavy atom. The van der Waals surface area contributed by atoms with Gasteiger partial charge in [-0.05, 0) is 29.7 Å². The van der Waals surface area contributed by atoms with Crippen LogP contribution in [-0.4, -0.2) is 37.8 Å². The maximum Gasteiger partial charge on any atom is 0.269 e. The summed E-state index contributed by atoms with van der Waals surface area (Å²) in [4.78, 5) is 15.1. The largest absolute Gasteiger partial charge is 0.497 e. The lowest BCUT2D eigenvalue weighted by Crippen LogP contribution is -2.39.